The average Bonchev–Trinajstić information content (AvgIpc) is 3.81. The van der Waals surface area contributed by atoms with Crippen LogP contribution in [0.3, 0.4) is 0 Å². The van der Waals surface area contributed by atoms with Gasteiger partial charge in [-0.15, -0.1) is 0 Å². The highest BCUT2D eigenvalue weighted by Crippen LogP contribution is 2.22. The van der Waals surface area contributed by atoms with E-state index >= 15 is 0 Å². The topological polar surface area (TPSA) is 307 Å². The van der Waals surface area contributed by atoms with Crippen molar-refractivity contribution in [2.45, 2.75) is 148 Å². The van der Waals surface area contributed by atoms with Crippen LogP contribution in [-0.2, 0) is 43.2 Å². The Morgan fingerprint density at radius 1 is 0.679 bits per heavy atom. The molecule has 0 bridgehead atoms. The maximum absolute atomic E-state index is 13.8. The molecule has 8 amide bonds. The summed E-state index contributed by atoms with van der Waals surface area (Å²) in [5.74, 6) is -7.70. The molecule has 2 rings (SSSR count). The summed E-state index contributed by atoms with van der Waals surface area (Å²) in [5.41, 5.74) is 16.9. The van der Waals surface area contributed by atoms with Crippen molar-refractivity contribution >= 4 is 53.2 Å². The third kappa shape index (κ3) is 14.0. The SMILES string of the molecule is CC[C@H](C)[C@H](NC(=O)[C@H](CC(N)=O)NC(=O)[C@H](CCC(N)=O)NC(=O)[C@@H]1CCCN1C(=O)[C@@H](N)CC(C)C)C(=O)N[C@@H](CC(C)C)C(=O)N1CCC[C@H]1C(=O)O. The van der Waals surface area contributed by atoms with E-state index in [0.717, 1.165) is 0 Å². The molecule has 0 aromatic carbocycles. The van der Waals surface area contributed by atoms with Gasteiger partial charge in [-0.25, -0.2) is 4.79 Å². The van der Waals surface area contributed by atoms with Crippen LogP contribution in [0, 0.1) is 17.8 Å². The van der Waals surface area contributed by atoms with Gasteiger partial charge >= 0.3 is 5.97 Å². The molecule has 19 nitrogen and oxygen atoms in total. The number of nitrogens with two attached hydrogens (primary N) is 3. The molecule has 2 saturated heterocycles. The first-order chi connectivity index (χ1) is 26.2. The van der Waals surface area contributed by atoms with Crippen molar-refractivity contribution in [2.75, 3.05) is 13.1 Å². The summed E-state index contributed by atoms with van der Waals surface area (Å²) in [7, 11) is 0. The van der Waals surface area contributed by atoms with Crippen molar-refractivity contribution in [3.63, 3.8) is 0 Å². The number of carbonyl (C=O) groups excluding carboxylic acids is 8. The quantitative estimate of drug-likeness (QED) is 0.0630. The number of carboxylic acids is 1. The van der Waals surface area contributed by atoms with Crippen LogP contribution in [0.2, 0.25) is 0 Å². The summed E-state index contributed by atoms with van der Waals surface area (Å²) < 4.78 is 0. The molecule has 0 unspecified atom stereocenters. The first-order valence-electron chi connectivity index (χ1n) is 19.6. The summed E-state index contributed by atoms with van der Waals surface area (Å²) in [4.78, 5) is 120. The lowest BCUT2D eigenvalue weighted by Gasteiger charge is -2.31. The number of likely N-dealkylation sites (tertiary alicyclic amines) is 2. The zero-order chi connectivity index (χ0) is 42.4. The molecule has 0 saturated carbocycles. The Labute approximate surface area is 328 Å². The Morgan fingerprint density at radius 2 is 1.21 bits per heavy atom. The molecule has 2 heterocycles. The van der Waals surface area contributed by atoms with Crippen LogP contribution in [0.15, 0.2) is 0 Å². The smallest absolute Gasteiger partial charge is 0.326 e. The average molecular weight is 794 g/mol. The van der Waals surface area contributed by atoms with Crippen LogP contribution in [0.1, 0.15) is 106 Å². The van der Waals surface area contributed by atoms with E-state index in [2.05, 4.69) is 21.3 Å². The van der Waals surface area contributed by atoms with Gasteiger partial charge in [-0.1, -0.05) is 48.0 Å². The number of aliphatic carboxylic acids is 1. The molecule has 2 aliphatic heterocycles. The van der Waals surface area contributed by atoms with Crippen molar-refractivity contribution in [3.8, 4) is 0 Å². The molecule has 0 aliphatic carbocycles. The fourth-order valence-electron chi connectivity index (χ4n) is 7.03. The van der Waals surface area contributed by atoms with Crippen molar-refractivity contribution in [3.05, 3.63) is 0 Å². The molecule has 19 heteroatoms. The van der Waals surface area contributed by atoms with Crippen LogP contribution < -0.4 is 38.5 Å². The Hall–Kier alpha value is -4.81. The number of nitrogens with zero attached hydrogens (tertiary/aromatic N) is 2. The second kappa shape index (κ2) is 22.1. The molecule has 0 radical (unpaired) electrons. The van der Waals surface area contributed by atoms with Gasteiger partial charge in [-0.05, 0) is 62.7 Å². The third-order valence-electron chi connectivity index (χ3n) is 10.2. The molecule has 0 aromatic heterocycles. The van der Waals surface area contributed by atoms with E-state index in [-0.39, 0.29) is 50.6 Å². The van der Waals surface area contributed by atoms with E-state index in [1.807, 2.05) is 27.7 Å². The molecular weight excluding hydrogens is 730 g/mol. The molecule has 11 N–H and O–H groups in total. The molecule has 0 aromatic rings. The highest BCUT2D eigenvalue weighted by atomic mass is 16.4. The molecule has 0 spiro atoms. The minimum absolute atomic E-state index is 0.0791. The Morgan fingerprint density at radius 3 is 1.73 bits per heavy atom. The van der Waals surface area contributed by atoms with E-state index < -0.39 is 108 Å². The van der Waals surface area contributed by atoms with Crippen LogP contribution in [0.4, 0.5) is 0 Å². The number of hydrogen-bond acceptors (Lipinski definition) is 10. The van der Waals surface area contributed by atoms with Gasteiger partial charge in [0.2, 0.25) is 47.3 Å². The Kier molecular flexibility index (Phi) is 18.7. The minimum Gasteiger partial charge on any atom is -0.480 e. The highest BCUT2D eigenvalue weighted by molar-refractivity contribution is 5.98. The van der Waals surface area contributed by atoms with Gasteiger partial charge in [0, 0.05) is 19.5 Å². The van der Waals surface area contributed by atoms with Crippen molar-refractivity contribution in [1.29, 1.82) is 0 Å². The van der Waals surface area contributed by atoms with Gasteiger partial charge in [0.25, 0.3) is 0 Å². The molecule has 2 fully saturated rings. The van der Waals surface area contributed by atoms with E-state index in [1.54, 1.807) is 13.8 Å². The fourth-order valence-corrected chi connectivity index (χ4v) is 7.03. The van der Waals surface area contributed by atoms with Crippen LogP contribution in [0.5, 0.6) is 0 Å². The van der Waals surface area contributed by atoms with Gasteiger partial charge < -0.3 is 53.4 Å². The lowest BCUT2D eigenvalue weighted by molar-refractivity contribution is -0.149. The molecule has 8 atom stereocenters. The number of carbonyl (C=O) groups is 9. The normalized spacial score (nSPS) is 20.0. The Bertz CT molecular complexity index is 1460. The molecule has 2 aliphatic rings. The maximum Gasteiger partial charge on any atom is 0.326 e. The second-order valence-corrected chi connectivity index (χ2v) is 15.8. The number of rotatable bonds is 22. The van der Waals surface area contributed by atoms with Crippen LogP contribution >= 0.6 is 0 Å². The van der Waals surface area contributed by atoms with Gasteiger partial charge in [0.05, 0.1) is 12.5 Å². The summed E-state index contributed by atoms with van der Waals surface area (Å²) in [6, 6.07) is -8.25. The molecular formula is C37H63N9O10. The van der Waals surface area contributed by atoms with Crippen LogP contribution in [-0.4, -0.2) is 124 Å². The third-order valence-corrected chi connectivity index (χ3v) is 10.2. The standard InChI is InChI=1S/C37H63N9O10/c1-7-21(6)30(34(52)43-25(17-20(4)5)36(54)46-15-9-11-27(46)37(55)56)44-32(50)24(18-29(40)48)42-31(49)23(12-13-28(39)47)41-33(51)26-10-8-14-45(26)35(53)22(38)16-19(2)3/h19-27,30H,7-18,38H2,1-6H3,(H2,39,47)(H2,40,48)(H,41,51)(H,42,49)(H,43,52)(H,44,50)(H,55,56)/t21-,22-,23-,24-,25-,26-,27-,30-/m0/s1. The summed E-state index contributed by atoms with van der Waals surface area (Å²) in [6.45, 7) is 11.4. The van der Waals surface area contributed by atoms with E-state index in [0.29, 0.717) is 32.1 Å². The van der Waals surface area contributed by atoms with Gasteiger partial charge in [-0.3, -0.25) is 38.4 Å². The zero-order valence-electron chi connectivity index (χ0n) is 33.5. The van der Waals surface area contributed by atoms with Gasteiger partial charge in [0.1, 0.15) is 36.3 Å². The highest BCUT2D eigenvalue weighted by Gasteiger charge is 2.41. The van der Waals surface area contributed by atoms with E-state index in [1.165, 1.54) is 9.80 Å². The maximum atomic E-state index is 13.8. The summed E-state index contributed by atoms with van der Waals surface area (Å²) in [5, 5.41) is 19.9. The van der Waals surface area contributed by atoms with E-state index in [4.69, 9.17) is 17.2 Å². The molecule has 316 valence electrons. The van der Waals surface area contributed by atoms with Crippen LogP contribution in [0.25, 0.3) is 0 Å². The lowest BCUT2D eigenvalue weighted by Crippen LogP contribution is -2.61. The number of primary amides is 2. The van der Waals surface area contributed by atoms with Crippen molar-refractivity contribution in [2.24, 2.45) is 35.0 Å². The van der Waals surface area contributed by atoms with Crippen molar-refractivity contribution < 1.29 is 48.3 Å². The second-order valence-electron chi connectivity index (χ2n) is 15.8. The number of amides is 8. The zero-order valence-corrected chi connectivity index (χ0v) is 33.5. The minimum atomic E-state index is -1.64. The summed E-state index contributed by atoms with van der Waals surface area (Å²) in [6.07, 6.45) is 1.21. The van der Waals surface area contributed by atoms with Gasteiger partial charge in [-0.2, -0.15) is 0 Å². The predicted molar refractivity (Wildman–Crippen MR) is 203 cm³/mol. The first-order valence-corrected chi connectivity index (χ1v) is 19.6. The predicted octanol–water partition coefficient (Wildman–Crippen LogP) is -1.40. The number of nitrogens with one attached hydrogen (secondary N) is 4. The monoisotopic (exact) mass is 793 g/mol. The lowest BCUT2D eigenvalue weighted by atomic mass is 9.96. The Balaban J connectivity index is 2.31. The first kappa shape index (κ1) is 47.3. The summed E-state index contributed by atoms with van der Waals surface area (Å²) >= 11 is 0. The number of carboxylic acid groups (broad SMARTS) is 1. The van der Waals surface area contributed by atoms with Gasteiger partial charge in [0.15, 0.2) is 0 Å². The van der Waals surface area contributed by atoms with Crippen molar-refractivity contribution in [1.82, 2.24) is 31.1 Å². The number of hydrogen-bond donors (Lipinski definition) is 8. The van der Waals surface area contributed by atoms with E-state index in [9.17, 15) is 48.3 Å². The largest absolute Gasteiger partial charge is 0.480 e. The molecule has 56 heavy (non-hydrogen) atoms. The fraction of sp³-hybridized carbons (Fsp3) is 0.757.